The molecular formula is C26H20O5. The Hall–Kier alpha value is -4.12. The normalized spacial score (nSPS) is 14.3. The van der Waals surface area contributed by atoms with Gasteiger partial charge in [-0.3, -0.25) is 0 Å². The van der Waals surface area contributed by atoms with Crippen LogP contribution in [0.5, 0.6) is 0 Å². The van der Waals surface area contributed by atoms with Crippen LogP contribution in [0.1, 0.15) is 34.6 Å². The van der Waals surface area contributed by atoms with Gasteiger partial charge in [0.1, 0.15) is 56.2 Å². The lowest BCUT2D eigenvalue weighted by Gasteiger charge is -1.85. The number of hydrogen-bond donors (Lipinski definition) is 0. The first-order valence-corrected chi connectivity index (χ1v) is 9.90. The summed E-state index contributed by atoms with van der Waals surface area (Å²) in [6.45, 7) is 3.82. The molecule has 0 aliphatic heterocycles. The van der Waals surface area contributed by atoms with Crippen molar-refractivity contribution in [1.29, 1.82) is 0 Å². The molecule has 0 aliphatic carbocycles. The molecule has 0 spiro atoms. The number of rotatable bonds is 4. The van der Waals surface area contributed by atoms with Crippen LogP contribution in [0, 0.1) is 13.8 Å². The Labute approximate surface area is 177 Å². The van der Waals surface area contributed by atoms with Gasteiger partial charge in [0, 0.05) is 24.3 Å². The highest BCUT2D eigenvalue weighted by atomic mass is 16.4. The monoisotopic (exact) mass is 412 g/mol. The van der Waals surface area contributed by atoms with E-state index in [1.54, 1.807) is 0 Å². The molecule has 5 nitrogen and oxygen atoms in total. The molecule has 0 amide bonds. The lowest BCUT2D eigenvalue weighted by atomic mass is 10.3. The zero-order chi connectivity index (χ0) is 21.2. The van der Waals surface area contributed by atoms with Crippen molar-refractivity contribution in [2.45, 2.75) is 13.8 Å². The third-order valence-corrected chi connectivity index (χ3v) is 4.60. The molecule has 0 atom stereocenters. The van der Waals surface area contributed by atoms with Crippen LogP contribution in [0.3, 0.4) is 0 Å². The van der Waals surface area contributed by atoms with Gasteiger partial charge in [0.25, 0.3) is 0 Å². The van der Waals surface area contributed by atoms with Crippen molar-refractivity contribution < 1.29 is 22.1 Å². The summed E-state index contributed by atoms with van der Waals surface area (Å²) in [5, 5.41) is 0. The zero-order valence-corrected chi connectivity index (χ0v) is 17.1. The van der Waals surface area contributed by atoms with Gasteiger partial charge < -0.3 is 22.1 Å². The Balaban J connectivity index is 1.37. The average molecular weight is 412 g/mol. The van der Waals surface area contributed by atoms with Gasteiger partial charge in [0.2, 0.25) is 0 Å². The Morgan fingerprint density at radius 2 is 0.710 bits per heavy atom. The van der Waals surface area contributed by atoms with Gasteiger partial charge in [-0.1, -0.05) is 0 Å². The van der Waals surface area contributed by atoms with Crippen LogP contribution >= 0.6 is 0 Å². The second kappa shape index (κ2) is 7.95. The van der Waals surface area contributed by atoms with Gasteiger partial charge in [0.15, 0.2) is 0 Å². The summed E-state index contributed by atoms with van der Waals surface area (Å²) in [4.78, 5) is 0. The van der Waals surface area contributed by atoms with E-state index in [-0.39, 0.29) is 0 Å². The van der Waals surface area contributed by atoms with Gasteiger partial charge in [-0.25, -0.2) is 0 Å². The van der Waals surface area contributed by atoms with Crippen molar-refractivity contribution in [3.63, 3.8) is 0 Å². The molecule has 0 saturated carbocycles. The molecule has 0 aliphatic rings. The standard InChI is InChI=1S/C26H20O5/c1-17-3-5-19(27-17)13-21-7-9-23(29-21)15-25-11-12-26(31-25)16-24-10-8-22(30-24)14-20-6-4-18(2)28-20/h3-16H,1-2H3/b21-13+,22-14+,23-15+,24-16+. The number of furan rings is 5. The molecule has 0 saturated heterocycles. The topological polar surface area (TPSA) is 65.7 Å². The Morgan fingerprint density at radius 3 is 1.03 bits per heavy atom. The Morgan fingerprint density at radius 1 is 0.387 bits per heavy atom. The lowest BCUT2D eigenvalue weighted by Crippen LogP contribution is -1.99. The molecule has 5 heterocycles. The predicted octanol–water partition coefficient (Wildman–Crippen LogP) is 3.58. The average Bonchev–Trinajstić information content (AvgIpc) is 3.54. The second-order valence-electron chi connectivity index (χ2n) is 7.19. The van der Waals surface area contributed by atoms with E-state index >= 15 is 0 Å². The van der Waals surface area contributed by atoms with Gasteiger partial charge in [0.05, 0.1) is 0 Å². The largest absolute Gasteiger partial charge is 0.462 e. The molecule has 31 heavy (non-hydrogen) atoms. The summed E-state index contributed by atoms with van der Waals surface area (Å²) in [5.74, 6) is 4.61. The van der Waals surface area contributed by atoms with Crippen molar-refractivity contribution in [1.82, 2.24) is 0 Å². The van der Waals surface area contributed by atoms with E-state index in [4.69, 9.17) is 22.1 Å². The van der Waals surface area contributed by atoms with Crippen LogP contribution in [0.2, 0.25) is 0 Å². The fourth-order valence-electron chi connectivity index (χ4n) is 3.19. The number of aryl methyl sites for hydroxylation is 2. The molecule has 0 fully saturated rings. The Bertz CT molecular complexity index is 1450. The molecule has 0 bridgehead atoms. The van der Waals surface area contributed by atoms with E-state index in [2.05, 4.69) is 0 Å². The van der Waals surface area contributed by atoms with Crippen LogP contribution in [-0.2, 0) is 0 Å². The van der Waals surface area contributed by atoms with Crippen LogP contribution < -0.4 is 21.7 Å². The minimum Gasteiger partial charge on any atom is -0.462 e. The molecular weight excluding hydrogens is 392 g/mol. The highest BCUT2D eigenvalue weighted by Gasteiger charge is 2.00. The fourth-order valence-corrected chi connectivity index (χ4v) is 3.19. The lowest BCUT2D eigenvalue weighted by molar-refractivity contribution is 0.488. The van der Waals surface area contributed by atoms with Crippen molar-refractivity contribution in [3.8, 4) is 0 Å². The third kappa shape index (κ3) is 4.56. The van der Waals surface area contributed by atoms with E-state index in [1.807, 2.05) is 98.8 Å². The van der Waals surface area contributed by atoms with Crippen molar-refractivity contribution in [3.05, 3.63) is 117 Å². The van der Waals surface area contributed by atoms with Crippen LogP contribution in [0.25, 0.3) is 24.3 Å². The van der Waals surface area contributed by atoms with Crippen molar-refractivity contribution in [2.75, 3.05) is 0 Å². The molecule has 5 aromatic heterocycles. The van der Waals surface area contributed by atoms with Crippen LogP contribution in [0.15, 0.2) is 82.7 Å². The van der Waals surface area contributed by atoms with Gasteiger partial charge in [-0.2, -0.15) is 0 Å². The first-order chi connectivity index (χ1) is 15.1. The third-order valence-electron chi connectivity index (χ3n) is 4.60. The van der Waals surface area contributed by atoms with E-state index < -0.39 is 0 Å². The van der Waals surface area contributed by atoms with Crippen molar-refractivity contribution in [2.24, 2.45) is 0 Å². The smallest absolute Gasteiger partial charge is 0.131 e. The zero-order valence-electron chi connectivity index (χ0n) is 17.1. The van der Waals surface area contributed by atoms with Gasteiger partial charge in [-0.05, 0) is 74.5 Å². The maximum absolute atomic E-state index is 5.86. The highest BCUT2D eigenvalue weighted by molar-refractivity contribution is 5.49. The van der Waals surface area contributed by atoms with Gasteiger partial charge in [-0.15, -0.1) is 0 Å². The predicted molar refractivity (Wildman–Crippen MR) is 116 cm³/mol. The summed E-state index contributed by atoms with van der Waals surface area (Å²) < 4.78 is 28.6. The second-order valence-corrected chi connectivity index (χ2v) is 7.19. The van der Waals surface area contributed by atoms with Crippen LogP contribution in [-0.4, -0.2) is 0 Å². The van der Waals surface area contributed by atoms with Crippen molar-refractivity contribution >= 4 is 24.3 Å². The number of hydrogen-bond acceptors (Lipinski definition) is 5. The van der Waals surface area contributed by atoms with Gasteiger partial charge >= 0.3 is 0 Å². The summed E-state index contributed by atoms with van der Waals surface area (Å²) in [6.07, 6.45) is 7.37. The molecule has 5 heteroatoms. The molecule has 0 N–H and O–H groups in total. The Kier molecular flexibility index (Phi) is 4.84. The first-order valence-electron chi connectivity index (χ1n) is 9.90. The van der Waals surface area contributed by atoms with Crippen LogP contribution in [0.4, 0.5) is 0 Å². The van der Waals surface area contributed by atoms with E-state index in [1.165, 1.54) is 0 Å². The minimum atomic E-state index is 0.686. The maximum atomic E-state index is 5.86. The van der Waals surface area contributed by atoms with E-state index in [0.29, 0.717) is 33.2 Å². The summed E-state index contributed by atoms with van der Waals surface area (Å²) in [6, 6.07) is 19.0. The molecule has 5 aromatic rings. The highest BCUT2D eigenvalue weighted by Crippen LogP contribution is 2.10. The fraction of sp³-hybridized carbons (Fsp3) is 0.0769. The first kappa shape index (κ1) is 18.9. The molecule has 154 valence electrons. The molecule has 0 unspecified atom stereocenters. The summed E-state index contributed by atoms with van der Waals surface area (Å²) in [7, 11) is 0. The maximum Gasteiger partial charge on any atom is 0.131 e. The quantitative estimate of drug-likeness (QED) is 0.451. The minimum absolute atomic E-state index is 0.686. The van der Waals surface area contributed by atoms with E-state index in [0.717, 1.165) is 23.0 Å². The molecule has 0 radical (unpaired) electrons. The summed E-state index contributed by atoms with van der Waals surface area (Å²) in [5.41, 5.74) is 2.81. The molecule has 5 rings (SSSR count). The van der Waals surface area contributed by atoms with E-state index in [9.17, 15) is 0 Å². The summed E-state index contributed by atoms with van der Waals surface area (Å²) >= 11 is 0. The molecule has 0 aromatic carbocycles. The SMILES string of the molecule is Cc1ccc(/C=c2\cc/c(=C\c3ccc(/C=c4\cc/c(=C\c5ccc(C)o5)o4)o3)o2)o1.